The molecule has 0 radical (unpaired) electrons. The van der Waals surface area contributed by atoms with Crippen molar-refractivity contribution in [3.05, 3.63) is 63.5 Å². The number of benzene rings is 2. The molecule has 2 N–H and O–H groups in total. The predicted octanol–water partition coefficient (Wildman–Crippen LogP) is 3.92. The Morgan fingerprint density at radius 2 is 2.00 bits per heavy atom. The largest absolute Gasteiger partial charge is 0.508 e. The minimum Gasteiger partial charge on any atom is -0.508 e. The summed E-state index contributed by atoms with van der Waals surface area (Å²) in [6, 6.07) is 8.20. The highest BCUT2D eigenvalue weighted by atomic mass is 19.1. The van der Waals surface area contributed by atoms with Crippen LogP contribution in [0.15, 0.2) is 36.4 Å². The van der Waals surface area contributed by atoms with Crippen LogP contribution in [0.1, 0.15) is 24.1 Å². The maximum atomic E-state index is 13.4. The van der Waals surface area contributed by atoms with Gasteiger partial charge in [-0.1, -0.05) is 12.1 Å². The van der Waals surface area contributed by atoms with Gasteiger partial charge in [-0.05, 0) is 31.5 Å². The van der Waals surface area contributed by atoms with Crippen molar-refractivity contribution in [3.63, 3.8) is 0 Å². The van der Waals surface area contributed by atoms with E-state index in [2.05, 4.69) is 5.32 Å². The first-order chi connectivity index (χ1) is 9.86. The van der Waals surface area contributed by atoms with Crippen LogP contribution in [0.5, 0.6) is 5.75 Å². The third kappa shape index (κ3) is 3.47. The molecule has 2 aromatic rings. The standard InChI is InChI=1S/C15H15FN2O3/c1-9-3-4-14(15(19)5-9)10(2)17-12-6-11(16)7-13(8-12)18(20)21/h3-8,10,17,19H,1-2H3. The molecule has 2 aromatic carbocycles. The summed E-state index contributed by atoms with van der Waals surface area (Å²) in [7, 11) is 0. The first-order valence-electron chi connectivity index (χ1n) is 6.38. The lowest BCUT2D eigenvalue weighted by Gasteiger charge is -2.17. The van der Waals surface area contributed by atoms with Crippen molar-refractivity contribution in [3.8, 4) is 5.75 Å². The summed E-state index contributed by atoms with van der Waals surface area (Å²) in [5.41, 5.74) is 1.52. The van der Waals surface area contributed by atoms with Crippen molar-refractivity contribution in [1.29, 1.82) is 0 Å². The van der Waals surface area contributed by atoms with Gasteiger partial charge in [0.2, 0.25) is 0 Å². The fraction of sp³-hybridized carbons (Fsp3) is 0.200. The molecule has 0 heterocycles. The molecule has 0 saturated heterocycles. The van der Waals surface area contributed by atoms with E-state index in [1.165, 1.54) is 12.1 Å². The molecular weight excluding hydrogens is 275 g/mol. The molecule has 0 saturated carbocycles. The molecule has 1 unspecified atom stereocenters. The van der Waals surface area contributed by atoms with Crippen LogP contribution in [-0.4, -0.2) is 10.0 Å². The van der Waals surface area contributed by atoms with E-state index in [0.29, 0.717) is 5.56 Å². The Morgan fingerprint density at radius 3 is 2.62 bits per heavy atom. The monoisotopic (exact) mass is 290 g/mol. The van der Waals surface area contributed by atoms with Crippen LogP contribution >= 0.6 is 0 Å². The summed E-state index contributed by atoms with van der Waals surface area (Å²) in [6.45, 7) is 3.64. The SMILES string of the molecule is Cc1ccc(C(C)Nc2cc(F)cc([N+](=O)[O-])c2)c(O)c1. The molecular formula is C15H15FN2O3. The van der Waals surface area contributed by atoms with Gasteiger partial charge in [-0.2, -0.15) is 0 Å². The number of non-ortho nitro benzene ring substituents is 1. The van der Waals surface area contributed by atoms with Gasteiger partial charge in [-0.25, -0.2) is 4.39 Å². The average Bonchev–Trinajstić information content (AvgIpc) is 2.37. The van der Waals surface area contributed by atoms with E-state index in [1.54, 1.807) is 19.1 Å². The van der Waals surface area contributed by atoms with Crippen LogP contribution in [0.25, 0.3) is 0 Å². The molecule has 2 rings (SSSR count). The maximum Gasteiger partial charge on any atom is 0.274 e. The lowest BCUT2D eigenvalue weighted by atomic mass is 10.0. The molecule has 110 valence electrons. The van der Waals surface area contributed by atoms with Gasteiger partial charge in [0.25, 0.3) is 5.69 Å². The Hall–Kier alpha value is -2.63. The number of anilines is 1. The van der Waals surface area contributed by atoms with E-state index in [4.69, 9.17) is 0 Å². The number of phenols is 1. The molecule has 0 fully saturated rings. The van der Waals surface area contributed by atoms with Crippen LogP contribution < -0.4 is 5.32 Å². The van der Waals surface area contributed by atoms with Crippen LogP contribution in [0, 0.1) is 22.9 Å². The minimum atomic E-state index is -0.688. The summed E-state index contributed by atoms with van der Waals surface area (Å²) < 4.78 is 13.4. The molecule has 0 spiro atoms. The molecule has 21 heavy (non-hydrogen) atoms. The predicted molar refractivity (Wildman–Crippen MR) is 77.9 cm³/mol. The number of aromatic hydroxyl groups is 1. The third-order valence-corrected chi connectivity index (χ3v) is 3.13. The van der Waals surface area contributed by atoms with Crippen LogP contribution in [-0.2, 0) is 0 Å². The van der Waals surface area contributed by atoms with Crippen LogP contribution in [0.4, 0.5) is 15.8 Å². The number of nitrogens with zero attached hydrogens (tertiary/aromatic N) is 1. The van der Waals surface area contributed by atoms with E-state index >= 15 is 0 Å². The second-order valence-corrected chi connectivity index (χ2v) is 4.88. The highest BCUT2D eigenvalue weighted by Crippen LogP contribution is 2.29. The zero-order chi connectivity index (χ0) is 15.6. The Bertz CT molecular complexity index is 689. The number of nitrogens with one attached hydrogen (secondary N) is 1. The van der Waals surface area contributed by atoms with Gasteiger partial charge < -0.3 is 10.4 Å². The highest BCUT2D eigenvalue weighted by Gasteiger charge is 2.14. The fourth-order valence-electron chi connectivity index (χ4n) is 2.11. The zero-order valence-corrected chi connectivity index (χ0v) is 11.6. The van der Waals surface area contributed by atoms with Crippen molar-refractivity contribution >= 4 is 11.4 Å². The fourth-order valence-corrected chi connectivity index (χ4v) is 2.11. The second kappa shape index (κ2) is 5.78. The van der Waals surface area contributed by atoms with Gasteiger partial charge in [0.15, 0.2) is 0 Å². The van der Waals surface area contributed by atoms with Crippen molar-refractivity contribution in [1.82, 2.24) is 0 Å². The molecule has 0 aliphatic heterocycles. The Morgan fingerprint density at radius 1 is 1.29 bits per heavy atom. The average molecular weight is 290 g/mol. The van der Waals surface area contributed by atoms with E-state index < -0.39 is 10.7 Å². The molecule has 5 nitrogen and oxygen atoms in total. The topological polar surface area (TPSA) is 75.4 Å². The van der Waals surface area contributed by atoms with Crippen LogP contribution in [0.3, 0.4) is 0 Å². The Balaban J connectivity index is 2.27. The molecule has 0 bridgehead atoms. The lowest BCUT2D eigenvalue weighted by Crippen LogP contribution is -2.07. The van der Waals surface area contributed by atoms with E-state index in [-0.39, 0.29) is 23.2 Å². The first kappa shape index (κ1) is 14.8. The number of nitro groups is 1. The van der Waals surface area contributed by atoms with Gasteiger partial charge in [0.1, 0.15) is 11.6 Å². The van der Waals surface area contributed by atoms with E-state index in [1.807, 2.05) is 13.0 Å². The first-order valence-corrected chi connectivity index (χ1v) is 6.38. The quantitative estimate of drug-likeness (QED) is 0.661. The lowest BCUT2D eigenvalue weighted by molar-refractivity contribution is -0.385. The van der Waals surface area contributed by atoms with Crippen LogP contribution in [0.2, 0.25) is 0 Å². The zero-order valence-electron chi connectivity index (χ0n) is 11.6. The van der Waals surface area contributed by atoms with Gasteiger partial charge in [0, 0.05) is 17.3 Å². The Kier molecular flexibility index (Phi) is 4.07. The van der Waals surface area contributed by atoms with Crippen molar-refractivity contribution in [2.45, 2.75) is 19.9 Å². The van der Waals surface area contributed by atoms with Crippen molar-refractivity contribution < 1.29 is 14.4 Å². The second-order valence-electron chi connectivity index (χ2n) is 4.88. The van der Waals surface area contributed by atoms with E-state index in [0.717, 1.165) is 11.6 Å². The van der Waals surface area contributed by atoms with Gasteiger partial charge >= 0.3 is 0 Å². The number of halogens is 1. The van der Waals surface area contributed by atoms with Gasteiger partial charge in [-0.15, -0.1) is 0 Å². The minimum absolute atomic E-state index is 0.126. The molecule has 0 aliphatic rings. The van der Waals surface area contributed by atoms with Gasteiger partial charge in [0.05, 0.1) is 17.0 Å². The number of rotatable bonds is 4. The summed E-state index contributed by atoms with van der Waals surface area (Å²) in [4.78, 5) is 10.1. The smallest absolute Gasteiger partial charge is 0.274 e. The number of aryl methyl sites for hydroxylation is 1. The van der Waals surface area contributed by atoms with Crippen molar-refractivity contribution in [2.75, 3.05) is 5.32 Å². The summed E-state index contributed by atoms with van der Waals surface area (Å²) in [5, 5.41) is 23.6. The molecule has 0 aromatic heterocycles. The maximum absolute atomic E-state index is 13.4. The number of nitro benzene ring substituents is 1. The number of hydrogen-bond acceptors (Lipinski definition) is 4. The van der Waals surface area contributed by atoms with E-state index in [9.17, 15) is 19.6 Å². The summed E-state index contributed by atoms with van der Waals surface area (Å²) in [6.07, 6.45) is 0. The molecule has 6 heteroatoms. The summed E-state index contributed by atoms with van der Waals surface area (Å²) >= 11 is 0. The molecule has 1 atom stereocenters. The number of hydrogen-bond donors (Lipinski definition) is 2. The van der Waals surface area contributed by atoms with Gasteiger partial charge in [-0.3, -0.25) is 10.1 Å². The molecule has 0 amide bonds. The summed E-state index contributed by atoms with van der Waals surface area (Å²) in [5.74, 6) is -0.562. The highest BCUT2D eigenvalue weighted by molar-refractivity contribution is 5.53. The third-order valence-electron chi connectivity index (χ3n) is 3.13. The number of phenolic OH excluding ortho intramolecular Hbond substituents is 1. The van der Waals surface area contributed by atoms with Crippen molar-refractivity contribution in [2.24, 2.45) is 0 Å². The normalized spacial score (nSPS) is 12.0. The molecule has 0 aliphatic carbocycles. The Labute approximate surface area is 121 Å².